The highest BCUT2D eigenvalue weighted by atomic mass is 32.2. The van der Waals surface area contributed by atoms with Gasteiger partial charge in [-0.05, 0) is 17.7 Å². The van der Waals surface area contributed by atoms with Crippen molar-refractivity contribution in [2.45, 2.75) is 12.2 Å². The van der Waals surface area contributed by atoms with Crippen LogP contribution in [0.15, 0.2) is 18.2 Å². The molecule has 0 aliphatic rings. The number of hydrogen-bond donors (Lipinski definition) is 0. The summed E-state index contributed by atoms with van der Waals surface area (Å²) in [6.07, 6.45) is 0.00955. The maximum Gasteiger partial charge on any atom is 0.161 e. The van der Waals surface area contributed by atoms with Crippen LogP contribution in [0, 0.1) is 11.3 Å². The Morgan fingerprint density at radius 3 is 2.44 bits per heavy atom. The van der Waals surface area contributed by atoms with E-state index in [9.17, 15) is 8.42 Å². The van der Waals surface area contributed by atoms with Crippen LogP contribution < -0.4 is 9.47 Å². The fourth-order valence-corrected chi connectivity index (χ4v) is 2.73. The van der Waals surface area contributed by atoms with Crippen LogP contribution >= 0.6 is 0 Å². The van der Waals surface area contributed by atoms with Gasteiger partial charge in [0.05, 0.1) is 31.8 Å². The van der Waals surface area contributed by atoms with Crippen molar-refractivity contribution in [3.05, 3.63) is 23.8 Å². The largest absolute Gasteiger partial charge is 0.493 e. The first-order valence-electron chi connectivity index (χ1n) is 5.30. The molecule has 6 heteroatoms. The highest BCUT2D eigenvalue weighted by Gasteiger charge is 2.13. The van der Waals surface area contributed by atoms with E-state index >= 15 is 0 Å². The lowest BCUT2D eigenvalue weighted by Gasteiger charge is -2.09. The Bertz CT molecular complexity index is 546. The Hall–Kier alpha value is -1.74. The van der Waals surface area contributed by atoms with Gasteiger partial charge < -0.3 is 9.47 Å². The standard InChI is InChI=1S/C12H15NO4S/c1-16-11-5-4-10(8-12(11)17-2)9-18(14,15)7-3-6-13/h4-5,8H,3,7,9H2,1-2H3. The van der Waals surface area contributed by atoms with Crippen LogP contribution in [0.3, 0.4) is 0 Å². The summed E-state index contributed by atoms with van der Waals surface area (Å²) in [4.78, 5) is 0. The molecule has 0 spiro atoms. The lowest BCUT2D eigenvalue weighted by Crippen LogP contribution is -2.09. The molecule has 0 bridgehead atoms. The van der Waals surface area contributed by atoms with E-state index in [1.165, 1.54) is 14.2 Å². The fourth-order valence-electron chi connectivity index (χ4n) is 1.50. The van der Waals surface area contributed by atoms with Crippen LogP contribution in [-0.2, 0) is 15.6 Å². The molecule has 0 heterocycles. The second-order valence-corrected chi connectivity index (χ2v) is 5.87. The third kappa shape index (κ3) is 3.93. The van der Waals surface area contributed by atoms with Crippen LogP contribution in [0.5, 0.6) is 11.5 Å². The summed E-state index contributed by atoms with van der Waals surface area (Å²) in [6, 6.07) is 6.79. The third-order valence-corrected chi connectivity index (χ3v) is 3.96. The van der Waals surface area contributed by atoms with E-state index in [0.29, 0.717) is 17.1 Å². The average molecular weight is 269 g/mol. The molecule has 0 aliphatic carbocycles. The highest BCUT2D eigenvalue weighted by molar-refractivity contribution is 7.90. The number of nitriles is 1. The number of sulfone groups is 1. The van der Waals surface area contributed by atoms with E-state index < -0.39 is 9.84 Å². The van der Waals surface area contributed by atoms with Crippen LogP contribution in [0.4, 0.5) is 0 Å². The van der Waals surface area contributed by atoms with Gasteiger partial charge in [-0.1, -0.05) is 6.07 Å². The Morgan fingerprint density at radius 1 is 1.22 bits per heavy atom. The first-order chi connectivity index (χ1) is 8.52. The van der Waals surface area contributed by atoms with E-state index in [-0.39, 0.29) is 17.9 Å². The van der Waals surface area contributed by atoms with Gasteiger partial charge in [-0.15, -0.1) is 0 Å². The molecule has 0 atom stereocenters. The second kappa shape index (κ2) is 6.26. The number of hydrogen-bond acceptors (Lipinski definition) is 5. The summed E-state index contributed by atoms with van der Waals surface area (Å²) in [5, 5.41) is 8.40. The Balaban J connectivity index is 2.89. The average Bonchev–Trinajstić information content (AvgIpc) is 2.35. The Kier molecular flexibility index (Phi) is 4.98. The molecule has 0 unspecified atom stereocenters. The molecule has 0 N–H and O–H groups in total. The minimum absolute atomic E-state index is 0.00955. The van der Waals surface area contributed by atoms with Crippen LogP contribution in [0.25, 0.3) is 0 Å². The van der Waals surface area contributed by atoms with E-state index in [1.807, 2.05) is 6.07 Å². The molecule has 0 saturated heterocycles. The first-order valence-corrected chi connectivity index (χ1v) is 7.13. The second-order valence-electron chi connectivity index (χ2n) is 3.69. The van der Waals surface area contributed by atoms with Crippen molar-refractivity contribution in [2.75, 3.05) is 20.0 Å². The van der Waals surface area contributed by atoms with Gasteiger partial charge in [-0.25, -0.2) is 8.42 Å². The monoisotopic (exact) mass is 269 g/mol. The van der Waals surface area contributed by atoms with Gasteiger partial charge in [0.1, 0.15) is 0 Å². The van der Waals surface area contributed by atoms with Gasteiger partial charge in [0.15, 0.2) is 21.3 Å². The normalized spacial score (nSPS) is 10.7. The summed E-state index contributed by atoms with van der Waals surface area (Å²) in [5.41, 5.74) is 0.616. The molecule has 18 heavy (non-hydrogen) atoms. The SMILES string of the molecule is COc1ccc(CS(=O)(=O)CCC#N)cc1OC. The number of rotatable bonds is 6. The molecule has 0 radical (unpaired) electrons. The molecule has 98 valence electrons. The zero-order chi connectivity index (χ0) is 13.6. The molecule has 0 saturated carbocycles. The lowest BCUT2D eigenvalue weighted by atomic mass is 10.2. The Labute approximate surface area is 107 Å². The minimum Gasteiger partial charge on any atom is -0.493 e. The van der Waals surface area contributed by atoms with Crippen molar-refractivity contribution >= 4 is 9.84 Å². The predicted molar refractivity (Wildman–Crippen MR) is 67.3 cm³/mol. The molecule has 1 aromatic rings. The van der Waals surface area contributed by atoms with Crippen LogP contribution in [-0.4, -0.2) is 28.4 Å². The van der Waals surface area contributed by atoms with Crippen molar-refractivity contribution in [3.63, 3.8) is 0 Å². The topological polar surface area (TPSA) is 76.4 Å². The number of benzene rings is 1. The number of nitrogens with zero attached hydrogens (tertiary/aromatic N) is 1. The first kappa shape index (κ1) is 14.3. The molecule has 0 amide bonds. The van der Waals surface area contributed by atoms with Crippen molar-refractivity contribution in [3.8, 4) is 17.6 Å². The summed E-state index contributed by atoms with van der Waals surface area (Å²) >= 11 is 0. The van der Waals surface area contributed by atoms with Crippen LogP contribution in [0.1, 0.15) is 12.0 Å². The fraction of sp³-hybridized carbons (Fsp3) is 0.417. The van der Waals surface area contributed by atoms with Crippen molar-refractivity contribution in [1.82, 2.24) is 0 Å². The summed E-state index contributed by atoms with van der Waals surface area (Å²) in [6.45, 7) is 0. The molecule has 0 aliphatic heterocycles. The lowest BCUT2D eigenvalue weighted by molar-refractivity contribution is 0.354. The predicted octanol–water partition coefficient (Wildman–Crippen LogP) is 1.53. The van der Waals surface area contributed by atoms with Gasteiger partial charge in [-0.2, -0.15) is 5.26 Å². The molecule has 0 aromatic heterocycles. The summed E-state index contributed by atoms with van der Waals surface area (Å²) in [5.74, 6) is 0.813. The van der Waals surface area contributed by atoms with Gasteiger partial charge in [0.25, 0.3) is 0 Å². The Morgan fingerprint density at radius 2 is 1.89 bits per heavy atom. The smallest absolute Gasteiger partial charge is 0.161 e. The maximum absolute atomic E-state index is 11.7. The highest BCUT2D eigenvalue weighted by Crippen LogP contribution is 2.28. The molecular formula is C12H15NO4S. The molecule has 1 aromatic carbocycles. The quantitative estimate of drug-likeness (QED) is 0.782. The third-order valence-electron chi connectivity index (χ3n) is 2.36. The zero-order valence-corrected chi connectivity index (χ0v) is 11.2. The molecule has 5 nitrogen and oxygen atoms in total. The minimum atomic E-state index is -3.26. The van der Waals surface area contributed by atoms with Crippen molar-refractivity contribution in [2.24, 2.45) is 0 Å². The molecular weight excluding hydrogens is 254 g/mol. The summed E-state index contributed by atoms with van der Waals surface area (Å²) in [7, 11) is -0.253. The maximum atomic E-state index is 11.7. The zero-order valence-electron chi connectivity index (χ0n) is 10.3. The van der Waals surface area contributed by atoms with E-state index in [0.717, 1.165) is 0 Å². The van der Waals surface area contributed by atoms with E-state index in [1.54, 1.807) is 18.2 Å². The van der Waals surface area contributed by atoms with Gasteiger partial charge in [0, 0.05) is 6.42 Å². The van der Waals surface area contributed by atoms with Gasteiger partial charge in [-0.3, -0.25) is 0 Å². The molecule has 0 fully saturated rings. The van der Waals surface area contributed by atoms with Crippen molar-refractivity contribution < 1.29 is 17.9 Å². The van der Waals surface area contributed by atoms with Crippen molar-refractivity contribution in [1.29, 1.82) is 5.26 Å². The number of ether oxygens (including phenoxy) is 2. The van der Waals surface area contributed by atoms with Crippen LogP contribution in [0.2, 0.25) is 0 Å². The molecule has 1 rings (SSSR count). The van der Waals surface area contributed by atoms with E-state index in [2.05, 4.69) is 0 Å². The van der Waals surface area contributed by atoms with E-state index in [4.69, 9.17) is 14.7 Å². The summed E-state index contributed by atoms with van der Waals surface area (Å²) < 4.78 is 33.5. The number of methoxy groups -OCH3 is 2. The van der Waals surface area contributed by atoms with Gasteiger partial charge in [0.2, 0.25) is 0 Å². The van der Waals surface area contributed by atoms with Gasteiger partial charge >= 0.3 is 0 Å².